The lowest BCUT2D eigenvalue weighted by atomic mass is 10.2. The number of ether oxygens (including phenoxy) is 1. The molecular weight excluding hydrogens is 234 g/mol. The molecule has 0 atom stereocenters. The fraction of sp³-hybridized carbons (Fsp3) is 0.167. The molecular formula is C12H11N3O3. The zero-order valence-electron chi connectivity index (χ0n) is 9.91. The van der Waals surface area contributed by atoms with Gasteiger partial charge in [0, 0.05) is 0 Å². The predicted octanol–water partition coefficient (Wildman–Crippen LogP) is 1.98. The summed E-state index contributed by atoms with van der Waals surface area (Å²) < 4.78 is 5.36. The quantitative estimate of drug-likeness (QED) is 0.889. The van der Waals surface area contributed by atoms with Crippen molar-refractivity contribution in [1.29, 1.82) is 0 Å². The summed E-state index contributed by atoms with van der Waals surface area (Å²) in [5, 5.41) is 16.5. The number of carboxylic acid groups (broad SMARTS) is 1. The maximum absolute atomic E-state index is 10.8. The molecule has 2 aromatic rings. The molecule has 1 heterocycles. The van der Waals surface area contributed by atoms with E-state index in [1.54, 1.807) is 26.0 Å². The number of rotatable bonds is 3. The lowest BCUT2D eigenvalue weighted by Gasteiger charge is -2.05. The van der Waals surface area contributed by atoms with Gasteiger partial charge < -0.3 is 9.84 Å². The topological polar surface area (TPSA) is 85.2 Å². The number of benzene rings is 1. The molecule has 0 amide bonds. The second-order valence-electron chi connectivity index (χ2n) is 3.70. The predicted molar refractivity (Wildman–Crippen MR) is 62.8 cm³/mol. The third-order valence-corrected chi connectivity index (χ3v) is 2.36. The lowest BCUT2D eigenvalue weighted by Crippen LogP contribution is -2.00. The summed E-state index contributed by atoms with van der Waals surface area (Å²) in [7, 11) is 0. The molecule has 0 saturated heterocycles. The van der Waals surface area contributed by atoms with Crippen molar-refractivity contribution >= 4 is 5.97 Å². The summed E-state index contributed by atoms with van der Waals surface area (Å²) in [6, 6.07) is 6.20. The first-order valence-electron chi connectivity index (χ1n) is 5.25. The third-order valence-electron chi connectivity index (χ3n) is 2.36. The van der Waals surface area contributed by atoms with Gasteiger partial charge in [-0.1, -0.05) is 11.2 Å². The maximum atomic E-state index is 10.8. The zero-order valence-corrected chi connectivity index (χ0v) is 9.91. The fourth-order valence-electron chi connectivity index (χ4n) is 1.28. The van der Waals surface area contributed by atoms with Crippen molar-refractivity contribution in [2.75, 3.05) is 0 Å². The highest BCUT2D eigenvalue weighted by molar-refractivity contribution is 5.88. The van der Waals surface area contributed by atoms with Crippen LogP contribution in [0.4, 0.5) is 0 Å². The largest absolute Gasteiger partial charge is 0.478 e. The summed E-state index contributed by atoms with van der Waals surface area (Å²) in [4.78, 5) is 14.9. The number of carbonyl (C=O) groups is 1. The molecule has 0 radical (unpaired) electrons. The molecule has 0 aliphatic heterocycles. The Morgan fingerprint density at radius 2 is 2.00 bits per heavy atom. The van der Waals surface area contributed by atoms with Gasteiger partial charge in [0.2, 0.25) is 0 Å². The van der Waals surface area contributed by atoms with E-state index in [9.17, 15) is 4.79 Å². The first-order valence-corrected chi connectivity index (χ1v) is 5.25. The van der Waals surface area contributed by atoms with Crippen LogP contribution in [0.3, 0.4) is 0 Å². The van der Waals surface area contributed by atoms with Gasteiger partial charge in [0.05, 0.1) is 17.0 Å². The first-order chi connectivity index (χ1) is 8.56. The Hall–Kier alpha value is -2.50. The van der Waals surface area contributed by atoms with Gasteiger partial charge in [-0.15, -0.1) is 5.10 Å². The van der Waals surface area contributed by atoms with Crippen molar-refractivity contribution < 1.29 is 14.6 Å². The SMILES string of the molecule is Cc1nnc(Oc2cccc(C(=O)O)c2)nc1C. The van der Waals surface area contributed by atoms with Crippen molar-refractivity contribution in [3.05, 3.63) is 41.2 Å². The third kappa shape index (κ3) is 2.60. The van der Waals surface area contributed by atoms with Gasteiger partial charge in [0.25, 0.3) is 0 Å². The van der Waals surface area contributed by atoms with Crippen molar-refractivity contribution in [3.8, 4) is 11.8 Å². The van der Waals surface area contributed by atoms with E-state index in [0.29, 0.717) is 5.75 Å². The van der Waals surface area contributed by atoms with E-state index in [1.807, 2.05) is 0 Å². The van der Waals surface area contributed by atoms with Crippen molar-refractivity contribution in [2.24, 2.45) is 0 Å². The van der Waals surface area contributed by atoms with Crippen LogP contribution in [0, 0.1) is 13.8 Å². The van der Waals surface area contributed by atoms with Crippen LogP contribution in [0.1, 0.15) is 21.7 Å². The second kappa shape index (κ2) is 4.79. The van der Waals surface area contributed by atoms with E-state index in [-0.39, 0.29) is 11.6 Å². The number of nitrogens with zero attached hydrogens (tertiary/aromatic N) is 3. The minimum Gasteiger partial charge on any atom is -0.478 e. The van der Waals surface area contributed by atoms with Crippen LogP contribution in [-0.4, -0.2) is 26.3 Å². The first kappa shape index (κ1) is 12.0. The molecule has 0 aliphatic carbocycles. The van der Waals surface area contributed by atoms with Crippen molar-refractivity contribution in [2.45, 2.75) is 13.8 Å². The number of aromatic nitrogens is 3. The van der Waals surface area contributed by atoms with E-state index in [2.05, 4.69) is 15.2 Å². The van der Waals surface area contributed by atoms with Crippen LogP contribution >= 0.6 is 0 Å². The highest BCUT2D eigenvalue weighted by atomic mass is 16.5. The molecule has 0 fully saturated rings. The van der Waals surface area contributed by atoms with Crippen LogP contribution in [-0.2, 0) is 0 Å². The summed E-state index contributed by atoms with van der Waals surface area (Å²) in [6.45, 7) is 3.59. The lowest BCUT2D eigenvalue weighted by molar-refractivity contribution is 0.0696. The molecule has 0 saturated carbocycles. The maximum Gasteiger partial charge on any atom is 0.341 e. The monoisotopic (exact) mass is 245 g/mol. The van der Waals surface area contributed by atoms with Gasteiger partial charge in [-0.3, -0.25) is 0 Å². The van der Waals surface area contributed by atoms with Gasteiger partial charge in [0.1, 0.15) is 5.75 Å². The highest BCUT2D eigenvalue weighted by Gasteiger charge is 2.07. The van der Waals surface area contributed by atoms with Crippen molar-refractivity contribution in [1.82, 2.24) is 15.2 Å². The van der Waals surface area contributed by atoms with Crippen LogP contribution in [0.5, 0.6) is 11.8 Å². The molecule has 0 unspecified atom stereocenters. The molecule has 1 aromatic heterocycles. The molecule has 0 aliphatic rings. The Labute approximate surface area is 103 Å². The van der Waals surface area contributed by atoms with Crippen molar-refractivity contribution in [3.63, 3.8) is 0 Å². The summed E-state index contributed by atoms with van der Waals surface area (Å²) in [6.07, 6.45) is 0. The van der Waals surface area contributed by atoms with Gasteiger partial charge in [-0.25, -0.2) is 4.79 Å². The van der Waals surface area contributed by atoms with E-state index in [4.69, 9.17) is 9.84 Å². The average molecular weight is 245 g/mol. The summed E-state index contributed by atoms with van der Waals surface area (Å²) in [5.41, 5.74) is 1.58. The molecule has 2 rings (SSSR count). The molecule has 0 bridgehead atoms. The Kier molecular flexibility index (Phi) is 3.18. The fourth-order valence-corrected chi connectivity index (χ4v) is 1.28. The molecule has 18 heavy (non-hydrogen) atoms. The second-order valence-corrected chi connectivity index (χ2v) is 3.70. The van der Waals surface area contributed by atoms with Gasteiger partial charge >= 0.3 is 12.0 Å². The molecule has 1 aromatic carbocycles. The normalized spacial score (nSPS) is 10.1. The number of hydrogen-bond donors (Lipinski definition) is 1. The minimum absolute atomic E-state index is 0.0978. The highest BCUT2D eigenvalue weighted by Crippen LogP contribution is 2.19. The number of aromatic carboxylic acids is 1. The summed E-state index contributed by atoms with van der Waals surface area (Å²) in [5.74, 6) is -0.653. The van der Waals surface area contributed by atoms with Gasteiger partial charge in [0.15, 0.2) is 0 Å². The van der Waals surface area contributed by atoms with Gasteiger partial charge in [-0.2, -0.15) is 4.98 Å². The molecule has 6 nitrogen and oxygen atoms in total. The van der Waals surface area contributed by atoms with E-state index < -0.39 is 5.97 Å². The Morgan fingerprint density at radius 3 is 2.67 bits per heavy atom. The van der Waals surface area contributed by atoms with Crippen LogP contribution in [0.2, 0.25) is 0 Å². The minimum atomic E-state index is -1.01. The number of carboxylic acids is 1. The summed E-state index contributed by atoms with van der Waals surface area (Å²) >= 11 is 0. The standard InChI is InChI=1S/C12H11N3O3/c1-7-8(2)14-15-12(13-7)18-10-5-3-4-9(6-10)11(16)17/h3-6H,1-2H3,(H,16,17). The smallest absolute Gasteiger partial charge is 0.341 e. The molecule has 0 spiro atoms. The van der Waals surface area contributed by atoms with Gasteiger partial charge in [-0.05, 0) is 32.0 Å². The Morgan fingerprint density at radius 1 is 1.22 bits per heavy atom. The number of aryl methyl sites for hydroxylation is 2. The average Bonchev–Trinajstić information content (AvgIpc) is 2.34. The zero-order chi connectivity index (χ0) is 13.1. The Balaban J connectivity index is 2.25. The number of hydrogen-bond acceptors (Lipinski definition) is 5. The van der Waals surface area contributed by atoms with Crippen LogP contribution in [0.15, 0.2) is 24.3 Å². The van der Waals surface area contributed by atoms with E-state index in [0.717, 1.165) is 11.4 Å². The molecule has 6 heteroatoms. The molecule has 92 valence electrons. The molecule has 1 N–H and O–H groups in total. The Bertz CT molecular complexity index is 599. The van der Waals surface area contributed by atoms with Crippen LogP contribution in [0.25, 0.3) is 0 Å². The van der Waals surface area contributed by atoms with Crippen LogP contribution < -0.4 is 4.74 Å². The van der Waals surface area contributed by atoms with E-state index in [1.165, 1.54) is 12.1 Å². The van der Waals surface area contributed by atoms with E-state index >= 15 is 0 Å².